The Morgan fingerprint density at radius 2 is 1.45 bits per heavy atom. The summed E-state index contributed by atoms with van der Waals surface area (Å²) in [6.45, 7) is -2.27. The summed E-state index contributed by atoms with van der Waals surface area (Å²) < 4.78 is 110. The highest BCUT2D eigenvalue weighted by molar-refractivity contribution is 7.89. The smallest absolute Gasteiger partial charge is 0.212 e. The number of nitrogens with zero attached hydrogens (tertiary/aromatic N) is 1. The van der Waals surface area contributed by atoms with E-state index >= 15 is 0 Å². The molecule has 0 amide bonds. The lowest BCUT2D eigenvalue weighted by Gasteiger charge is -2.30. The van der Waals surface area contributed by atoms with Crippen LogP contribution in [0.4, 0.5) is 30.7 Å². The molecule has 0 radical (unpaired) electrons. The Labute approximate surface area is 128 Å². The molecule has 0 saturated heterocycles. The summed E-state index contributed by atoms with van der Waals surface area (Å²) in [5.74, 6) is -12.3. The summed E-state index contributed by atoms with van der Waals surface area (Å²) in [5, 5.41) is 0. The highest BCUT2D eigenvalue weighted by Crippen LogP contribution is 2.46. The van der Waals surface area contributed by atoms with E-state index in [0.717, 1.165) is 0 Å². The maximum absolute atomic E-state index is 13.1. The molecule has 134 valence electrons. The Morgan fingerprint density at radius 1 is 0.955 bits per heavy atom. The lowest BCUT2D eigenvalue weighted by atomic mass is 10.1. The summed E-state index contributed by atoms with van der Waals surface area (Å²) in [6, 6.07) is 0. The first-order valence-electron chi connectivity index (χ1n) is 6.01. The Balaban J connectivity index is 4.92. The topological polar surface area (TPSA) is 37.4 Å². The van der Waals surface area contributed by atoms with Gasteiger partial charge in [0.05, 0.1) is 12.3 Å². The SMILES string of the molecule is CN(CC(F)(F)C(F)(F)C(F)(F)F)S(=O)(=O)CCCCCCl. The van der Waals surface area contributed by atoms with E-state index in [9.17, 15) is 39.2 Å². The lowest BCUT2D eigenvalue weighted by molar-refractivity contribution is -0.354. The molecule has 0 unspecified atom stereocenters. The molecule has 0 heterocycles. The molecule has 0 aliphatic rings. The van der Waals surface area contributed by atoms with Gasteiger partial charge in [-0.2, -0.15) is 35.0 Å². The number of unbranched alkanes of at least 4 members (excludes halogenated alkanes) is 2. The van der Waals surface area contributed by atoms with Crippen LogP contribution < -0.4 is 0 Å². The molecule has 0 atom stereocenters. The number of sulfonamides is 1. The van der Waals surface area contributed by atoms with E-state index in [2.05, 4.69) is 0 Å². The normalized spacial score (nSPS) is 14.6. The van der Waals surface area contributed by atoms with Gasteiger partial charge in [-0.1, -0.05) is 6.42 Å². The molecule has 22 heavy (non-hydrogen) atoms. The quantitative estimate of drug-likeness (QED) is 0.348. The maximum Gasteiger partial charge on any atom is 0.459 e. The van der Waals surface area contributed by atoms with E-state index in [-0.39, 0.29) is 16.6 Å². The van der Waals surface area contributed by atoms with Crippen LogP contribution >= 0.6 is 11.6 Å². The fourth-order valence-electron chi connectivity index (χ4n) is 1.40. The zero-order valence-corrected chi connectivity index (χ0v) is 13.0. The fourth-order valence-corrected chi connectivity index (χ4v) is 2.82. The molecule has 12 heteroatoms. The maximum atomic E-state index is 13.1. The number of halogens is 8. The van der Waals surface area contributed by atoms with Gasteiger partial charge in [0.1, 0.15) is 0 Å². The minimum atomic E-state index is -6.48. The number of hydrogen-bond acceptors (Lipinski definition) is 2. The summed E-state index contributed by atoms with van der Waals surface area (Å²) in [6.07, 6.45) is -5.64. The first kappa shape index (κ1) is 21.7. The Morgan fingerprint density at radius 3 is 1.86 bits per heavy atom. The summed E-state index contributed by atoms with van der Waals surface area (Å²) in [4.78, 5) is 0. The first-order valence-corrected chi connectivity index (χ1v) is 8.16. The number of alkyl halides is 8. The second-order valence-corrected chi connectivity index (χ2v) is 7.17. The molecular formula is C10H15ClF7NO2S. The van der Waals surface area contributed by atoms with Gasteiger partial charge >= 0.3 is 18.0 Å². The molecular weight excluding hydrogens is 367 g/mol. The summed E-state index contributed by atoms with van der Waals surface area (Å²) in [7, 11) is -3.85. The van der Waals surface area contributed by atoms with Crippen LogP contribution in [-0.4, -0.2) is 56.0 Å². The van der Waals surface area contributed by atoms with Crippen molar-refractivity contribution in [3.63, 3.8) is 0 Å². The standard InChI is InChI=1S/C10H15ClF7NO2S/c1-19(22(20,21)6-4-2-3-5-11)7-8(12,13)9(14,15)10(16,17)18/h2-7H2,1H3. The van der Waals surface area contributed by atoms with Crippen LogP contribution in [-0.2, 0) is 10.0 Å². The van der Waals surface area contributed by atoms with E-state index in [1.807, 2.05) is 0 Å². The van der Waals surface area contributed by atoms with Crippen molar-refractivity contribution in [3.8, 4) is 0 Å². The minimum Gasteiger partial charge on any atom is -0.212 e. The molecule has 0 aromatic carbocycles. The van der Waals surface area contributed by atoms with Crippen LogP contribution in [0.3, 0.4) is 0 Å². The van der Waals surface area contributed by atoms with Crippen molar-refractivity contribution >= 4 is 21.6 Å². The van der Waals surface area contributed by atoms with Crippen molar-refractivity contribution in [2.75, 3.05) is 25.2 Å². The third-order valence-corrected chi connectivity index (χ3v) is 4.90. The number of hydrogen-bond donors (Lipinski definition) is 0. The molecule has 0 aliphatic carbocycles. The average Bonchev–Trinajstić information content (AvgIpc) is 2.32. The molecule has 0 bridgehead atoms. The summed E-state index contributed by atoms with van der Waals surface area (Å²) in [5.41, 5.74) is 0. The largest absolute Gasteiger partial charge is 0.459 e. The molecule has 0 saturated carbocycles. The minimum absolute atomic E-state index is 0.0284. The summed E-state index contributed by atoms with van der Waals surface area (Å²) >= 11 is 5.35. The van der Waals surface area contributed by atoms with Gasteiger partial charge in [-0.25, -0.2) is 8.42 Å². The fraction of sp³-hybridized carbons (Fsp3) is 1.00. The molecule has 0 fully saturated rings. The monoisotopic (exact) mass is 381 g/mol. The van der Waals surface area contributed by atoms with Crippen LogP contribution in [0.2, 0.25) is 0 Å². The molecule has 0 aliphatic heterocycles. The van der Waals surface area contributed by atoms with E-state index in [4.69, 9.17) is 11.6 Å². The third-order valence-electron chi connectivity index (χ3n) is 2.75. The van der Waals surface area contributed by atoms with Gasteiger partial charge in [-0.05, 0) is 12.8 Å². The highest BCUT2D eigenvalue weighted by Gasteiger charge is 2.73. The predicted octanol–water partition coefficient (Wildman–Crippen LogP) is 3.49. The molecule has 0 aromatic rings. The van der Waals surface area contributed by atoms with Gasteiger partial charge in [0, 0.05) is 12.9 Å². The zero-order valence-electron chi connectivity index (χ0n) is 11.4. The van der Waals surface area contributed by atoms with Crippen LogP contribution in [0.15, 0.2) is 0 Å². The van der Waals surface area contributed by atoms with Crippen LogP contribution in [0.25, 0.3) is 0 Å². The molecule has 3 nitrogen and oxygen atoms in total. The second kappa shape index (κ2) is 7.52. The van der Waals surface area contributed by atoms with E-state index in [1.165, 1.54) is 0 Å². The predicted molar refractivity (Wildman–Crippen MR) is 66.9 cm³/mol. The first-order chi connectivity index (χ1) is 9.69. The Hall–Kier alpha value is -0.290. The van der Waals surface area contributed by atoms with Gasteiger partial charge < -0.3 is 0 Å². The highest BCUT2D eigenvalue weighted by atomic mass is 35.5. The number of rotatable bonds is 9. The van der Waals surface area contributed by atoms with Gasteiger partial charge in [0.25, 0.3) is 0 Å². The second-order valence-electron chi connectivity index (χ2n) is 4.60. The molecule has 0 aromatic heterocycles. The van der Waals surface area contributed by atoms with Crippen molar-refractivity contribution in [1.82, 2.24) is 4.31 Å². The van der Waals surface area contributed by atoms with Gasteiger partial charge in [-0.15, -0.1) is 11.6 Å². The third kappa shape index (κ3) is 5.41. The van der Waals surface area contributed by atoms with Crippen molar-refractivity contribution in [3.05, 3.63) is 0 Å². The van der Waals surface area contributed by atoms with Gasteiger partial charge in [0.15, 0.2) is 0 Å². The Kier molecular flexibility index (Phi) is 7.42. The average molecular weight is 382 g/mol. The molecule has 0 N–H and O–H groups in total. The van der Waals surface area contributed by atoms with Crippen molar-refractivity contribution in [2.24, 2.45) is 0 Å². The van der Waals surface area contributed by atoms with E-state index in [0.29, 0.717) is 19.9 Å². The van der Waals surface area contributed by atoms with Crippen LogP contribution in [0.5, 0.6) is 0 Å². The van der Waals surface area contributed by atoms with Gasteiger partial charge in [-0.3, -0.25) is 0 Å². The Bertz CT molecular complexity index is 453. The lowest BCUT2D eigenvalue weighted by Crippen LogP contribution is -2.57. The van der Waals surface area contributed by atoms with Crippen molar-refractivity contribution < 1.29 is 39.2 Å². The zero-order chi connectivity index (χ0) is 17.8. The molecule has 0 spiro atoms. The van der Waals surface area contributed by atoms with Crippen molar-refractivity contribution in [1.29, 1.82) is 0 Å². The van der Waals surface area contributed by atoms with Crippen LogP contribution in [0, 0.1) is 0 Å². The van der Waals surface area contributed by atoms with Crippen LogP contribution in [0.1, 0.15) is 19.3 Å². The molecule has 0 rings (SSSR count). The van der Waals surface area contributed by atoms with E-state index < -0.39 is 40.3 Å². The van der Waals surface area contributed by atoms with Gasteiger partial charge in [0.2, 0.25) is 10.0 Å². The van der Waals surface area contributed by atoms with E-state index in [1.54, 1.807) is 0 Å². The van der Waals surface area contributed by atoms with Crippen molar-refractivity contribution in [2.45, 2.75) is 37.3 Å².